The normalized spacial score (nSPS) is 12.0. The number of hydrogen-bond acceptors (Lipinski definition) is 4. The lowest BCUT2D eigenvalue weighted by Gasteiger charge is -2.06. The molecule has 0 N–H and O–H groups in total. The van der Waals surface area contributed by atoms with Gasteiger partial charge in [0, 0.05) is 12.7 Å². The Bertz CT molecular complexity index is 952. The average molecular weight is 340 g/mol. The van der Waals surface area contributed by atoms with E-state index in [-0.39, 0.29) is 10.0 Å². The Kier molecular flexibility index (Phi) is 3.62. The zero-order valence-corrected chi connectivity index (χ0v) is 13.1. The molecule has 2 aromatic heterocycles. The first-order valence-corrected chi connectivity index (χ1v) is 8.32. The van der Waals surface area contributed by atoms with Crippen molar-refractivity contribution in [1.29, 1.82) is 0 Å². The highest BCUT2D eigenvalue weighted by molar-refractivity contribution is 7.91. The van der Waals surface area contributed by atoms with Crippen LogP contribution in [-0.2, 0) is 16.4 Å². The van der Waals surface area contributed by atoms with Crippen LogP contribution in [0.25, 0.3) is 11.0 Å². The molecule has 0 fully saturated rings. The van der Waals surface area contributed by atoms with Crippen molar-refractivity contribution in [3.8, 4) is 0 Å². The predicted octanol–water partition coefficient (Wildman–Crippen LogP) is 3.08. The second kappa shape index (κ2) is 5.33. The maximum atomic E-state index is 13.0. The summed E-state index contributed by atoms with van der Waals surface area (Å²) in [6, 6.07) is 6.22. The Balaban J connectivity index is 2.22. The molecule has 0 spiro atoms. The third-order valence-electron chi connectivity index (χ3n) is 3.26. The summed E-state index contributed by atoms with van der Waals surface area (Å²) in [7, 11) is -3.96. The van der Waals surface area contributed by atoms with E-state index in [1.807, 2.05) is 6.92 Å². The molecule has 8 heteroatoms. The second-order valence-corrected chi connectivity index (χ2v) is 6.79. The molecular weight excluding hydrogens is 329 g/mol. The summed E-state index contributed by atoms with van der Waals surface area (Å²) in [5.74, 6) is -0.520. The molecule has 0 aliphatic heterocycles. The van der Waals surface area contributed by atoms with Crippen LogP contribution in [0.5, 0.6) is 0 Å². The fraction of sp³-hybridized carbons (Fsp3) is 0.143. The molecule has 0 radical (unpaired) electrons. The molecule has 0 bridgehead atoms. The van der Waals surface area contributed by atoms with E-state index in [1.165, 1.54) is 12.1 Å². The minimum absolute atomic E-state index is 0.0675. The molecule has 2 heterocycles. The summed E-state index contributed by atoms with van der Waals surface area (Å²) in [6.07, 6.45) is 1.76. The summed E-state index contributed by atoms with van der Waals surface area (Å²) in [5, 5.41) is 0.254. The van der Waals surface area contributed by atoms with Crippen LogP contribution in [0.1, 0.15) is 6.92 Å². The molecule has 3 aromatic rings. The highest BCUT2D eigenvalue weighted by Crippen LogP contribution is 2.25. The Labute approximate surface area is 131 Å². The third kappa shape index (κ3) is 2.36. The number of nitrogens with zero attached hydrogens (tertiary/aromatic N) is 3. The van der Waals surface area contributed by atoms with Gasteiger partial charge in [-0.3, -0.25) is 0 Å². The molecule has 22 heavy (non-hydrogen) atoms. The topological polar surface area (TPSA) is 64.8 Å². The van der Waals surface area contributed by atoms with Gasteiger partial charge in [0.25, 0.3) is 5.16 Å². The zero-order chi connectivity index (χ0) is 15.9. The number of rotatable bonds is 3. The Morgan fingerprint density at radius 2 is 1.86 bits per heavy atom. The molecule has 0 atom stereocenters. The van der Waals surface area contributed by atoms with E-state index in [4.69, 9.17) is 11.6 Å². The van der Waals surface area contributed by atoms with Crippen molar-refractivity contribution in [2.24, 2.45) is 0 Å². The number of sulfone groups is 1. The number of halogens is 2. The zero-order valence-electron chi connectivity index (χ0n) is 11.5. The molecule has 0 unspecified atom stereocenters. The number of benzene rings is 1. The summed E-state index contributed by atoms with van der Waals surface area (Å²) < 4.78 is 39.8. The van der Waals surface area contributed by atoms with Crippen molar-refractivity contribution in [3.63, 3.8) is 0 Å². The van der Waals surface area contributed by atoms with Gasteiger partial charge >= 0.3 is 0 Å². The Hall–Kier alpha value is -1.99. The quantitative estimate of drug-likeness (QED) is 0.418. The van der Waals surface area contributed by atoms with Crippen molar-refractivity contribution in [3.05, 3.63) is 47.5 Å². The smallest absolute Gasteiger partial charge is 0.255 e. The third-order valence-corrected chi connectivity index (χ3v) is 5.10. The predicted molar refractivity (Wildman–Crippen MR) is 80.1 cm³/mol. The monoisotopic (exact) mass is 339 g/mol. The van der Waals surface area contributed by atoms with Gasteiger partial charge in [-0.2, -0.15) is 4.98 Å². The van der Waals surface area contributed by atoms with Gasteiger partial charge in [-0.15, -0.1) is 0 Å². The summed E-state index contributed by atoms with van der Waals surface area (Å²) in [5.41, 5.74) is 0.447. The van der Waals surface area contributed by atoms with Crippen LogP contribution in [-0.4, -0.2) is 23.0 Å². The van der Waals surface area contributed by atoms with Crippen LogP contribution in [0.2, 0.25) is 5.15 Å². The SMILES string of the molecule is CCn1ccc2c(Cl)nc(S(=O)(=O)c3ccc(F)cc3)nc21. The fourth-order valence-corrected chi connectivity index (χ4v) is 3.51. The molecule has 114 valence electrons. The average Bonchev–Trinajstić information content (AvgIpc) is 2.91. The lowest BCUT2D eigenvalue weighted by atomic mass is 10.4. The molecule has 0 aliphatic carbocycles. The summed E-state index contributed by atoms with van der Waals surface area (Å²) in [4.78, 5) is 7.92. The van der Waals surface area contributed by atoms with Gasteiger partial charge in [-0.1, -0.05) is 11.6 Å². The lowest BCUT2D eigenvalue weighted by molar-refractivity contribution is 0.586. The van der Waals surface area contributed by atoms with Gasteiger partial charge in [0.15, 0.2) is 0 Å². The van der Waals surface area contributed by atoms with Crippen molar-refractivity contribution in [2.45, 2.75) is 23.5 Å². The Morgan fingerprint density at radius 1 is 1.18 bits per heavy atom. The van der Waals surface area contributed by atoms with Gasteiger partial charge < -0.3 is 4.57 Å². The van der Waals surface area contributed by atoms with Crippen LogP contribution < -0.4 is 0 Å². The maximum Gasteiger partial charge on any atom is 0.255 e. The molecule has 1 aromatic carbocycles. The van der Waals surface area contributed by atoms with Crippen molar-refractivity contribution in [2.75, 3.05) is 0 Å². The molecule has 3 rings (SSSR count). The lowest BCUT2D eigenvalue weighted by Crippen LogP contribution is -2.09. The van der Waals surface area contributed by atoms with Gasteiger partial charge in [0.1, 0.15) is 16.6 Å². The minimum atomic E-state index is -3.96. The highest BCUT2D eigenvalue weighted by Gasteiger charge is 2.23. The van der Waals surface area contributed by atoms with E-state index in [0.717, 1.165) is 12.1 Å². The first kappa shape index (κ1) is 14.9. The van der Waals surface area contributed by atoms with Crippen molar-refractivity contribution < 1.29 is 12.8 Å². The Morgan fingerprint density at radius 3 is 2.50 bits per heavy atom. The highest BCUT2D eigenvalue weighted by atomic mass is 35.5. The number of fused-ring (bicyclic) bond motifs is 1. The van der Waals surface area contributed by atoms with Crippen molar-refractivity contribution >= 4 is 32.5 Å². The fourth-order valence-electron chi connectivity index (χ4n) is 2.10. The van der Waals surface area contributed by atoms with Crippen LogP contribution in [0.3, 0.4) is 0 Å². The van der Waals surface area contributed by atoms with E-state index in [1.54, 1.807) is 16.8 Å². The first-order chi connectivity index (χ1) is 10.4. The van der Waals surface area contributed by atoms with E-state index in [9.17, 15) is 12.8 Å². The molecule has 0 amide bonds. The number of hydrogen-bond donors (Lipinski definition) is 0. The van der Waals surface area contributed by atoms with Gasteiger partial charge in [-0.25, -0.2) is 17.8 Å². The maximum absolute atomic E-state index is 13.0. The minimum Gasteiger partial charge on any atom is -0.333 e. The van der Waals surface area contributed by atoms with Gasteiger partial charge in [0.05, 0.1) is 10.3 Å². The molecule has 0 aliphatic rings. The molecule has 0 saturated heterocycles. The van der Waals surface area contributed by atoms with E-state index in [0.29, 0.717) is 17.6 Å². The van der Waals surface area contributed by atoms with Crippen LogP contribution in [0.15, 0.2) is 46.6 Å². The van der Waals surface area contributed by atoms with Gasteiger partial charge in [-0.05, 0) is 37.3 Å². The first-order valence-electron chi connectivity index (χ1n) is 6.46. The van der Waals surface area contributed by atoms with E-state index >= 15 is 0 Å². The standard InChI is InChI=1S/C14H11ClFN3O2S/c1-2-19-8-7-11-12(15)17-14(18-13(11)19)22(20,21)10-5-3-9(16)4-6-10/h3-8H,2H2,1H3. The summed E-state index contributed by atoms with van der Waals surface area (Å²) in [6.45, 7) is 2.52. The molecule has 5 nitrogen and oxygen atoms in total. The van der Waals surface area contributed by atoms with Crippen LogP contribution in [0.4, 0.5) is 4.39 Å². The van der Waals surface area contributed by atoms with E-state index < -0.39 is 20.8 Å². The molecule has 0 saturated carbocycles. The number of aryl methyl sites for hydroxylation is 1. The van der Waals surface area contributed by atoms with Crippen molar-refractivity contribution in [1.82, 2.24) is 14.5 Å². The summed E-state index contributed by atoms with van der Waals surface area (Å²) >= 11 is 6.06. The van der Waals surface area contributed by atoms with Crippen LogP contribution in [0, 0.1) is 5.82 Å². The number of aromatic nitrogens is 3. The molecular formula is C14H11ClFN3O2S. The largest absolute Gasteiger partial charge is 0.333 e. The van der Waals surface area contributed by atoms with Crippen LogP contribution >= 0.6 is 11.6 Å². The van der Waals surface area contributed by atoms with Gasteiger partial charge in [0.2, 0.25) is 9.84 Å². The van der Waals surface area contributed by atoms with E-state index in [2.05, 4.69) is 9.97 Å². The second-order valence-electron chi connectivity index (χ2n) is 4.59.